The quantitative estimate of drug-likeness (QED) is 0.148. The van der Waals surface area contributed by atoms with E-state index in [0.717, 1.165) is 22.5 Å². The third-order valence-corrected chi connectivity index (χ3v) is 11.4. The molecule has 5 aromatic rings. The summed E-state index contributed by atoms with van der Waals surface area (Å²) in [6, 6.07) is 34.6. The number of para-hydroxylation sites is 3. The van der Waals surface area contributed by atoms with Crippen LogP contribution >= 0.6 is 0 Å². The van der Waals surface area contributed by atoms with Gasteiger partial charge in [0.1, 0.15) is 21.3 Å². The number of anilines is 1. The highest BCUT2D eigenvalue weighted by Crippen LogP contribution is 2.48. The first-order chi connectivity index (χ1) is 23.5. The van der Waals surface area contributed by atoms with Crippen LogP contribution in [-0.4, -0.2) is 23.9 Å². The largest absolute Gasteiger partial charge is 0.379 e. The summed E-state index contributed by atoms with van der Waals surface area (Å²) in [4.78, 5) is 2.14. The fraction of sp³-hybridized carbons (Fsp3) is 0.100. The minimum atomic E-state index is -4.17. The van der Waals surface area contributed by atoms with Gasteiger partial charge in [-0.3, -0.25) is 0 Å². The Hall–Kier alpha value is -5.38. The predicted molar refractivity (Wildman–Crippen MR) is 193 cm³/mol. The molecule has 0 unspecified atom stereocenters. The van der Waals surface area contributed by atoms with E-state index in [0.29, 0.717) is 16.7 Å². The highest BCUT2D eigenvalue weighted by molar-refractivity contribution is 7.87. The molecule has 0 aromatic heterocycles. The van der Waals surface area contributed by atoms with E-state index in [1.807, 2.05) is 37.4 Å². The summed E-state index contributed by atoms with van der Waals surface area (Å²) < 4.78 is 64.3. The molecule has 0 amide bonds. The molecule has 49 heavy (non-hydrogen) atoms. The summed E-state index contributed by atoms with van der Waals surface area (Å²) in [5, 5.41) is 0. The molecule has 7 rings (SSSR count). The maximum absolute atomic E-state index is 13.4. The minimum absolute atomic E-state index is 0.0211. The third kappa shape index (κ3) is 5.96. The van der Waals surface area contributed by atoms with Crippen LogP contribution in [0.15, 0.2) is 161 Å². The third-order valence-electron chi connectivity index (χ3n) is 8.90. The van der Waals surface area contributed by atoms with E-state index >= 15 is 0 Å². The molecular weight excluding hydrogens is 655 g/mol. The van der Waals surface area contributed by atoms with Crippen LogP contribution in [0.5, 0.6) is 11.5 Å². The zero-order chi connectivity index (χ0) is 34.4. The van der Waals surface area contributed by atoms with Crippen LogP contribution in [0.4, 0.5) is 5.69 Å². The molecule has 9 heteroatoms. The average molecular weight is 688 g/mol. The number of nitrogens with zero attached hydrogens (tertiary/aromatic N) is 1. The van der Waals surface area contributed by atoms with Gasteiger partial charge in [0.25, 0.3) is 0 Å². The van der Waals surface area contributed by atoms with Crippen LogP contribution in [-0.2, 0) is 25.7 Å². The molecule has 0 bridgehead atoms. The van der Waals surface area contributed by atoms with Crippen molar-refractivity contribution in [1.82, 2.24) is 0 Å². The summed E-state index contributed by atoms with van der Waals surface area (Å²) >= 11 is 0. The lowest BCUT2D eigenvalue weighted by atomic mass is 9.84. The van der Waals surface area contributed by atoms with Crippen molar-refractivity contribution in [2.45, 2.75) is 29.1 Å². The van der Waals surface area contributed by atoms with Gasteiger partial charge in [-0.2, -0.15) is 16.8 Å². The molecular formula is C40H33NO6S2. The van der Waals surface area contributed by atoms with Gasteiger partial charge in [-0.05, 0) is 94.1 Å². The second-order valence-corrected chi connectivity index (χ2v) is 15.4. The van der Waals surface area contributed by atoms with Gasteiger partial charge in [-0.25, -0.2) is 0 Å². The van der Waals surface area contributed by atoms with E-state index in [9.17, 15) is 16.8 Å². The number of fused-ring (bicyclic) bond motifs is 4. The van der Waals surface area contributed by atoms with Crippen LogP contribution in [0.25, 0.3) is 16.7 Å². The molecule has 2 aliphatic rings. The van der Waals surface area contributed by atoms with Gasteiger partial charge < -0.3 is 13.3 Å². The van der Waals surface area contributed by atoms with Crippen molar-refractivity contribution in [2.75, 3.05) is 11.9 Å². The van der Waals surface area contributed by atoms with E-state index in [1.54, 1.807) is 84.9 Å². The van der Waals surface area contributed by atoms with E-state index < -0.39 is 20.2 Å². The van der Waals surface area contributed by atoms with Crippen molar-refractivity contribution in [1.29, 1.82) is 0 Å². The summed E-state index contributed by atoms with van der Waals surface area (Å²) in [7, 11) is -6.29. The fourth-order valence-electron chi connectivity index (χ4n) is 6.50. The summed E-state index contributed by atoms with van der Waals surface area (Å²) in [6.45, 7) is 4.38. The first-order valence-electron chi connectivity index (χ1n) is 15.7. The second-order valence-electron chi connectivity index (χ2n) is 12.3. The van der Waals surface area contributed by atoms with Crippen LogP contribution in [0, 0.1) is 0 Å². The molecule has 1 heterocycles. The molecule has 1 aliphatic carbocycles. The van der Waals surface area contributed by atoms with E-state index in [1.165, 1.54) is 17.7 Å². The smallest absolute Gasteiger partial charge is 0.339 e. The molecule has 0 saturated carbocycles. The van der Waals surface area contributed by atoms with E-state index in [4.69, 9.17) is 8.37 Å². The summed E-state index contributed by atoms with van der Waals surface area (Å²) in [5.41, 5.74) is 6.78. The average Bonchev–Trinajstić information content (AvgIpc) is 3.50. The maximum atomic E-state index is 13.4. The normalized spacial score (nSPS) is 15.6. The number of rotatable bonds is 8. The molecule has 0 atom stereocenters. The number of hydrogen-bond acceptors (Lipinski definition) is 7. The first kappa shape index (κ1) is 32.2. The van der Waals surface area contributed by atoms with Crippen LogP contribution in [0.3, 0.4) is 0 Å². The zero-order valence-corrected chi connectivity index (χ0v) is 28.7. The lowest BCUT2D eigenvalue weighted by Gasteiger charge is -2.23. The van der Waals surface area contributed by atoms with Gasteiger partial charge >= 0.3 is 20.2 Å². The second kappa shape index (κ2) is 12.3. The SMILES string of the molecule is CN1/C(=C/C=C/C=C2c3cc(S(=O)(=O)Oc4ccccc4)ccc3-c3ccc(S(=O)(=O)Oc4ccccc4)cc32)C(C)(C)c2ccccc21. The van der Waals surface area contributed by atoms with Crippen molar-refractivity contribution in [3.63, 3.8) is 0 Å². The van der Waals surface area contributed by atoms with Gasteiger partial charge in [0.2, 0.25) is 0 Å². The Kier molecular flexibility index (Phi) is 8.05. The minimum Gasteiger partial charge on any atom is -0.379 e. The Morgan fingerprint density at radius 3 is 1.55 bits per heavy atom. The van der Waals surface area contributed by atoms with Crippen molar-refractivity contribution in [3.05, 3.63) is 168 Å². The zero-order valence-electron chi connectivity index (χ0n) is 27.1. The van der Waals surface area contributed by atoms with E-state index in [-0.39, 0.29) is 26.7 Å². The van der Waals surface area contributed by atoms with E-state index in [2.05, 4.69) is 37.0 Å². The Morgan fingerprint density at radius 1 is 0.571 bits per heavy atom. The molecule has 0 saturated heterocycles. The summed E-state index contributed by atoms with van der Waals surface area (Å²) in [6.07, 6.45) is 7.77. The number of hydrogen-bond donors (Lipinski definition) is 0. The lowest BCUT2D eigenvalue weighted by Crippen LogP contribution is -2.22. The lowest BCUT2D eigenvalue weighted by molar-refractivity contribution is 0.484. The topological polar surface area (TPSA) is 90.0 Å². The maximum Gasteiger partial charge on any atom is 0.339 e. The van der Waals surface area contributed by atoms with Gasteiger partial charge in [0.15, 0.2) is 0 Å². The Labute approximate surface area is 287 Å². The van der Waals surface area contributed by atoms with Gasteiger partial charge in [0.05, 0.1) is 0 Å². The predicted octanol–water partition coefficient (Wildman–Crippen LogP) is 8.50. The molecule has 7 nitrogen and oxygen atoms in total. The van der Waals surface area contributed by atoms with Gasteiger partial charge in [-0.15, -0.1) is 0 Å². The van der Waals surface area contributed by atoms with Crippen molar-refractivity contribution < 1.29 is 25.2 Å². The standard InChI is InChI=1S/C40H33NO6S2/c1-40(2)37-19-11-12-20-38(37)41(3)39(40)21-13-10-18-32-35-26-30(48(42,43)46-28-14-6-4-7-15-28)22-24-33(35)34-25-23-31(27-36(32)34)49(44,45)47-29-16-8-5-9-17-29/h4-27H,1-3H3/b13-10+,39-21+. The fourth-order valence-corrected chi connectivity index (χ4v) is 8.41. The number of likely N-dealkylation sites (N-methyl/N-ethyl adjacent to an activating group) is 1. The number of allylic oxidation sites excluding steroid dienone is 5. The van der Waals surface area contributed by atoms with Crippen molar-refractivity contribution >= 4 is 31.5 Å². The Balaban J connectivity index is 1.30. The highest BCUT2D eigenvalue weighted by Gasteiger charge is 2.37. The van der Waals surface area contributed by atoms with Gasteiger partial charge in [-0.1, -0.05) is 98.8 Å². The van der Waals surface area contributed by atoms with Crippen molar-refractivity contribution in [3.8, 4) is 22.6 Å². The van der Waals surface area contributed by atoms with Crippen LogP contribution in [0.1, 0.15) is 30.5 Å². The Morgan fingerprint density at radius 2 is 1.04 bits per heavy atom. The molecule has 5 aromatic carbocycles. The molecule has 0 fully saturated rings. The molecule has 0 radical (unpaired) electrons. The monoisotopic (exact) mass is 687 g/mol. The molecule has 0 N–H and O–H groups in total. The Bertz CT molecular complexity index is 2270. The first-order valence-corrected chi connectivity index (χ1v) is 18.5. The van der Waals surface area contributed by atoms with Crippen LogP contribution < -0.4 is 13.3 Å². The molecule has 246 valence electrons. The number of benzene rings is 5. The highest BCUT2D eigenvalue weighted by atomic mass is 32.2. The molecule has 1 aliphatic heterocycles. The van der Waals surface area contributed by atoms with Crippen LogP contribution in [0.2, 0.25) is 0 Å². The molecule has 0 spiro atoms. The summed E-state index contributed by atoms with van der Waals surface area (Å²) in [5.74, 6) is 0.404. The van der Waals surface area contributed by atoms with Crippen molar-refractivity contribution in [2.24, 2.45) is 0 Å². The van der Waals surface area contributed by atoms with Gasteiger partial charge in [0, 0.05) is 23.8 Å².